The highest BCUT2D eigenvalue weighted by Gasteiger charge is 2.12. The van der Waals surface area contributed by atoms with Gasteiger partial charge in [-0.05, 0) is 113 Å². The quantitative estimate of drug-likeness (QED) is 0.129. The van der Waals surface area contributed by atoms with Crippen LogP contribution < -0.4 is 4.74 Å². The van der Waals surface area contributed by atoms with Crippen LogP contribution in [0.15, 0.2) is 171 Å². The second-order valence-corrected chi connectivity index (χ2v) is 13.0. The zero-order chi connectivity index (χ0) is 35.1. The molecule has 0 saturated heterocycles. The third-order valence-corrected chi connectivity index (χ3v) is 9.56. The molecule has 6 nitrogen and oxygen atoms in total. The van der Waals surface area contributed by atoms with E-state index in [1.54, 1.807) is 13.3 Å². The summed E-state index contributed by atoms with van der Waals surface area (Å²) < 4.78 is 9.22. The molecule has 0 saturated carbocycles. The predicted octanol–water partition coefficient (Wildman–Crippen LogP) is 10.0. The van der Waals surface area contributed by atoms with Crippen molar-refractivity contribution in [3.8, 4) is 50.6 Å². The maximum Gasteiger partial charge on any atom is 0.122 e. The van der Waals surface area contributed by atoms with Gasteiger partial charge in [-0.3, -0.25) is 4.98 Å². The second-order valence-electron chi connectivity index (χ2n) is 13.0. The Labute approximate surface area is 304 Å². The minimum atomic E-state index is 0.799. The van der Waals surface area contributed by atoms with Crippen LogP contribution >= 0.6 is 0 Å². The fraction of sp³-hybridized carbons (Fsp3) is 0.109. The van der Waals surface area contributed by atoms with E-state index in [2.05, 4.69) is 130 Å². The van der Waals surface area contributed by atoms with Crippen LogP contribution in [0.5, 0.6) is 5.75 Å². The van der Waals surface area contributed by atoms with Crippen molar-refractivity contribution in [1.82, 2.24) is 24.5 Å². The molecule has 3 aromatic heterocycles. The van der Waals surface area contributed by atoms with Gasteiger partial charge in [0.2, 0.25) is 0 Å². The zero-order valence-corrected chi connectivity index (χ0v) is 29.1. The lowest BCUT2D eigenvalue weighted by atomic mass is 9.90. The molecule has 254 valence electrons. The average Bonchev–Trinajstić information content (AvgIpc) is 3.96. The van der Waals surface area contributed by atoms with Gasteiger partial charge in [0.15, 0.2) is 0 Å². The van der Waals surface area contributed by atoms with E-state index in [-0.39, 0.29) is 0 Å². The standard InChI is InChI=1S/C46H39N5O/c1-52-43-24-27-47-46(33-43)39-18-16-38(17-19-39)44-6-2-3-7-45(44)40-31-36(10-8-34-12-20-41(21-13-34)50-28-4-25-48-50)30-37(32-40)11-9-35-14-22-42(23-15-35)51-29-5-26-49-51/h2-7,12-33H,8-11H2,1H3. The van der Waals surface area contributed by atoms with Gasteiger partial charge in [-0.1, -0.05) is 91.0 Å². The highest BCUT2D eigenvalue weighted by molar-refractivity contribution is 5.84. The molecule has 0 aliphatic heterocycles. The second kappa shape index (κ2) is 15.2. The molecule has 0 aliphatic rings. The van der Waals surface area contributed by atoms with Crippen LogP contribution in [-0.4, -0.2) is 31.7 Å². The summed E-state index contributed by atoms with van der Waals surface area (Å²) in [5.74, 6) is 0.799. The van der Waals surface area contributed by atoms with Gasteiger partial charge < -0.3 is 4.74 Å². The number of nitrogens with zero attached hydrogens (tertiary/aromatic N) is 5. The van der Waals surface area contributed by atoms with Crippen LogP contribution in [-0.2, 0) is 25.7 Å². The summed E-state index contributed by atoms with van der Waals surface area (Å²) in [6.07, 6.45) is 13.2. The van der Waals surface area contributed by atoms with Crippen LogP contribution in [0.4, 0.5) is 0 Å². The first-order valence-electron chi connectivity index (χ1n) is 17.7. The third kappa shape index (κ3) is 7.47. The van der Waals surface area contributed by atoms with Gasteiger partial charge in [-0.15, -0.1) is 0 Å². The van der Waals surface area contributed by atoms with E-state index in [0.29, 0.717) is 0 Å². The SMILES string of the molecule is COc1ccnc(-c2ccc(-c3ccccc3-c3cc(CCc4ccc(-n5cccn5)cc4)cc(CCc4ccc(-n5cccn5)cc4)c3)cc2)c1. The molecule has 0 spiro atoms. The monoisotopic (exact) mass is 677 g/mol. The maximum atomic E-state index is 5.43. The lowest BCUT2D eigenvalue weighted by Gasteiger charge is -2.15. The van der Waals surface area contributed by atoms with E-state index in [4.69, 9.17) is 4.74 Å². The Balaban J connectivity index is 1.08. The van der Waals surface area contributed by atoms with Crippen molar-refractivity contribution in [1.29, 1.82) is 0 Å². The van der Waals surface area contributed by atoms with E-state index in [0.717, 1.165) is 54.1 Å². The lowest BCUT2D eigenvalue weighted by molar-refractivity contribution is 0.414. The number of aromatic nitrogens is 5. The Morgan fingerprint density at radius 1 is 0.462 bits per heavy atom. The Kier molecular flexibility index (Phi) is 9.52. The third-order valence-electron chi connectivity index (χ3n) is 9.56. The van der Waals surface area contributed by atoms with Crippen molar-refractivity contribution in [3.05, 3.63) is 193 Å². The zero-order valence-electron chi connectivity index (χ0n) is 29.1. The molecule has 8 rings (SSSR count). The topological polar surface area (TPSA) is 57.8 Å². The van der Waals surface area contributed by atoms with Crippen molar-refractivity contribution >= 4 is 0 Å². The van der Waals surface area contributed by atoms with Gasteiger partial charge >= 0.3 is 0 Å². The summed E-state index contributed by atoms with van der Waals surface area (Å²) in [5.41, 5.74) is 14.2. The van der Waals surface area contributed by atoms with Gasteiger partial charge in [-0.25, -0.2) is 9.36 Å². The number of hydrogen-bond donors (Lipinski definition) is 0. The van der Waals surface area contributed by atoms with Crippen molar-refractivity contribution in [2.75, 3.05) is 7.11 Å². The number of hydrogen-bond acceptors (Lipinski definition) is 4. The summed E-state index contributed by atoms with van der Waals surface area (Å²) in [7, 11) is 1.68. The van der Waals surface area contributed by atoms with Crippen LogP contribution in [0.2, 0.25) is 0 Å². The van der Waals surface area contributed by atoms with Gasteiger partial charge in [-0.2, -0.15) is 10.2 Å². The fourth-order valence-electron chi connectivity index (χ4n) is 6.76. The van der Waals surface area contributed by atoms with E-state index in [1.807, 2.05) is 58.4 Å². The van der Waals surface area contributed by atoms with Crippen molar-refractivity contribution in [3.63, 3.8) is 0 Å². The van der Waals surface area contributed by atoms with E-state index in [1.165, 1.54) is 44.5 Å². The number of rotatable bonds is 12. The molecule has 0 bridgehead atoms. The molecule has 0 atom stereocenters. The number of ether oxygens (including phenoxy) is 1. The molecule has 0 radical (unpaired) electrons. The summed E-state index contributed by atoms with van der Waals surface area (Å²) >= 11 is 0. The Morgan fingerprint density at radius 3 is 1.50 bits per heavy atom. The average molecular weight is 678 g/mol. The van der Waals surface area contributed by atoms with Crippen LogP contribution in [0.25, 0.3) is 44.9 Å². The summed E-state index contributed by atoms with van der Waals surface area (Å²) in [5, 5.41) is 8.74. The molecule has 0 amide bonds. The molecule has 0 N–H and O–H groups in total. The molecule has 52 heavy (non-hydrogen) atoms. The minimum Gasteiger partial charge on any atom is -0.497 e. The fourth-order valence-corrected chi connectivity index (χ4v) is 6.76. The summed E-state index contributed by atoms with van der Waals surface area (Å²) in [4.78, 5) is 4.57. The first kappa shape index (κ1) is 32.7. The van der Waals surface area contributed by atoms with Gasteiger partial charge in [0, 0.05) is 42.6 Å². The lowest BCUT2D eigenvalue weighted by Crippen LogP contribution is -1.99. The molecule has 5 aromatic carbocycles. The summed E-state index contributed by atoms with van der Waals surface area (Å²) in [6.45, 7) is 0. The van der Waals surface area contributed by atoms with Crippen LogP contribution in [0.3, 0.4) is 0 Å². The molecule has 3 heterocycles. The largest absolute Gasteiger partial charge is 0.497 e. The van der Waals surface area contributed by atoms with E-state index < -0.39 is 0 Å². The Hall–Kier alpha value is -6.53. The number of pyridine rings is 1. The first-order valence-corrected chi connectivity index (χ1v) is 17.7. The highest BCUT2D eigenvalue weighted by Crippen LogP contribution is 2.35. The summed E-state index contributed by atoms with van der Waals surface area (Å²) in [6, 6.07) is 49.8. The first-order chi connectivity index (χ1) is 25.7. The van der Waals surface area contributed by atoms with Crippen LogP contribution in [0.1, 0.15) is 22.3 Å². The predicted molar refractivity (Wildman–Crippen MR) is 209 cm³/mol. The van der Waals surface area contributed by atoms with Crippen molar-refractivity contribution < 1.29 is 4.74 Å². The molecule has 0 unspecified atom stereocenters. The molecule has 0 aliphatic carbocycles. The molecule has 0 fully saturated rings. The number of methoxy groups -OCH3 is 1. The van der Waals surface area contributed by atoms with Gasteiger partial charge in [0.1, 0.15) is 5.75 Å². The Morgan fingerprint density at radius 2 is 0.981 bits per heavy atom. The maximum absolute atomic E-state index is 5.43. The smallest absolute Gasteiger partial charge is 0.122 e. The molecular weight excluding hydrogens is 639 g/mol. The number of aryl methyl sites for hydroxylation is 4. The van der Waals surface area contributed by atoms with Crippen LogP contribution in [0, 0.1) is 0 Å². The van der Waals surface area contributed by atoms with E-state index in [9.17, 15) is 0 Å². The highest BCUT2D eigenvalue weighted by atomic mass is 16.5. The van der Waals surface area contributed by atoms with Crippen molar-refractivity contribution in [2.45, 2.75) is 25.7 Å². The molecule has 8 aromatic rings. The van der Waals surface area contributed by atoms with Gasteiger partial charge in [0.05, 0.1) is 24.2 Å². The minimum absolute atomic E-state index is 0.799. The Bertz CT molecular complexity index is 2260. The number of benzene rings is 5. The van der Waals surface area contributed by atoms with E-state index >= 15 is 0 Å². The molecular formula is C46H39N5O. The van der Waals surface area contributed by atoms with Crippen molar-refractivity contribution in [2.24, 2.45) is 0 Å². The van der Waals surface area contributed by atoms with Gasteiger partial charge in [0.25, 0.3) is 0 Å². The molecule has 6 heteroatoms. The normalized spacial score (nSPS) is 11.1.